The lowest BCUT2D eigenvalue weighted by Crippen LogP contribution is -2.27. The highest BCUT2D eigenvalue weighted by Crippen LogP contribution is 2.20. The number of aliphatic imine (C=N–C) groups is 1. The molecule has 0 bridgehead atoms. The largest absolute Gasteiger partial charge is 0.368 e. The van der Waals surface area contributed by atoms with Gasteiger partial charge in [0.25, 0.3) is 0 Å². The van der Waals surface area contributed by atoms with E-state index >= 15 is 0 Å². The van der Waals surface area contributed by atoms with Crippen LogP contribution in [0, 0.1) is 0 Å². The minimum absolute atomic E-state index is 0.0229. The number of benzene rings is 2. The predicted octanol–water partition coefficient (Wildman–Crippen LogP) is 1.76. The first-order valence-electron chi connectivity index (χ1n) is 4.52. The van der Waals surface area contributed by atoms with Crippen LogP contribution in [0.4, 0.5) is 5.69 Å². The molecule has 4 heteroatoms. The Kier molecular flexibility index (Phi) is 2.51. The summed E-state index contributed by atoms with van der Waals surface area (Å²) in [5, 5.41) is 10.7. The number of hydroxylamine groups is 1. The van der Waals surface area contributed by atoms with E-state index < -0.39 is 0 Å². The third-order valence-corrected chi connectivity index (χ3v) is 2.10. The Morgan fingerprint density at radius 1 is 1.13 bits per heavy atom. The van der Waals surface area contributed by atoms with Gasteiger partial charge >= 0.3 is 0 Å². The molecule has 0 amide bonds. The zero-order valence-corrected chi connectivity index (χ0v) is 8.01. The van der Waals surface area contributed by atoms with E-state index in [1.165, 1.54) is 0 Å². The fourth-order valence-electron chi connectivity index (χ4n) is 1.41. The van der Waals surface area contributed by atoms with E-state index in [2.05, 4.69) is 4.99 Å². The van der Waals surface area contributed by atoms with Crippen LogP contribution in [0.15, 0.2) is 47.5 Å². The maximum Gasteiger partial charge on any atom is 0.218 e. The van der Waals surface area contributed by atoms with Gasteiger partial charge in [0.2, 0.25) is 5.96 Å². The van der Waals surface area contributed by atoms with Crippen molar-refractivity contribution in [3.05, 3.63) is 42.5 Å². The van der Waals surface area contributed by atoms with Gasteiger partial charge in [0.05, 0.1) is 5.69 Å². The Balaban J connectivity index is 2.47. The lowest BCUT2D eigenvalue weighted by atomic mass is 10.1. The number of guanidine groups is 1. The SMILES string of the molecule is NC(=Nc1ccc2ccccc2c1)NO. The molecule has 0 saturated carbocycles. The van der Waals surface area contributed by atoms with Gasteiger partial charge in [-0.05, 0) is 22.9 Å². The molecule has 4 nitrogen and oxygen atoms in total. The van der Waals surface area contributed by atoms with Crippen LogP contribution in [0.2, 0.25) is 0 Å². The van der Waals surface area contributed by atoms with Gasteiger partial charge in [-0.3, -0.25) is 5.21 Å². The first-order chi connectivity index (χ1) is 7.29. The minimum Gasteiger partial charge on any atom is -0.368 e. The molecule has 0 radical (unpaired) electrons. The second kappa shape index (κ2) is 3.98. The van der Waals surface area contributed by atoms with Crippen molar-refractivity contribution >= 4 is 22.4 Å². The third kappa shape index (κ3) is 2.05. The van der Waals surface area contributed by atoms with Crippen LogP contribution in [0.25, 0.3) is 10.8 Å². The Labute approximate surface area is 87.0 Å². The molecule has 0 aliphatic carbocycles. The number of fused-ring (bicyclic) bond motifs is 1. The molecule has 0 fully saturated rings. The van der Waals surface area contributed by atoms with Gasteiger partial charge in [-0.2, -0.15) is 0 Å². The van der Waals surface area contributed by atoms with Gasteiger partial charge in [-0.25, -0.2) is 10.5 Å². The lowest BCUT2D eigenvalue weighted by Gasteiger charge is -2.00. The second-order valence-corrected chi connectivity index (χ2v) is 3.14. The first-order valence-corrected chi connectivity index (χ1v) is 4.52. The first kappa shape index (κ1) is 9.48. The topological polar surface area (TPSA) is 70.6 Å². The van der Waals surface area contributed by atoms with Crippen LogP contribution in [0.1, 0.15) is 0 Å². The molecule has 0 heterocycles. The second-order valence-electron chi connectivity index (χ2n) is 3.14. The van der Waals surface area contributed by atoms with Crippen molar-refractivity contribution in [1.29, 1.82) is 0 Å². The summed E-state index contributed by atoms with van der Waals surface area (Å²) in [6, 6.07) is 13.7. The third-order valence-electron chi connectivity index (χ3n) is 2.10. The summed E-state index contributed by atoms with van der Waals surface area (Å²) in [6.45, 7) is 0. The zero-order chi connectivity index (χ0) is 10.7. The van der Waals surface area contributed by atoms with Crippen molar-refractivity contribution in [3.63, 3.8) is 0 Å². The van der Waals surface area contributed by atoms with E-state index in [9.17, 15) is 0 Å². The van der Waals surface area contributed by atoms with E-state index in [1.54, 1.807) is 5.48 Å². The quantitative estimate of drug-likeness (QED) is 0.374. The monoisotopic (exact) mass is 201 g/mol. The van der Waals surface area contributed by atoms with Gasteiger partial charge in [0, 0.05) is 0 Å². The molecule has 4 N–H and O–H groups in total. The Morgan fingerprint density at radius 2 is 1.87 bits per heavy atom. The average molecular weight is 201 g/mol. The number of nitrogens with two attached hydrogens (primary N) is 1. The summed E-state index contributed by atoms with van der Waals surface area (Å²) < 4.78 is 0. The maximum atomic E-state index is 8.50. The van der Waals surface area contributed by atoms with E-state index in [1.807, 2.05) is 42.5 Å². The van der Waals surface area contributed by atoms with E-state index in [4.69, 9.17) is 10.9 Å². The molecular weight excluding hydrogens is 190 g/mol. The average Bonchev–Trinajstić information content (AvgIpc) is 2.29. The molecule has 2 aromatic rings. The molecule has 0 atom stereocenters. The fourth-order valence-corrected chi connectivity index (χ4v) is 1.41. The van der Waals surface area contributed by atoms with Gasteiger partial charge < -0.3 is 5.73 Å². The molecule has 15 heavy (non-hydrogen) atoms. The van der Waals surface area contributed by atoms with Gasteiger partial charge in [-0.15, -0.1) is 0 Å². The van der Waals surface area contributed by atoms with Crippen LogP contribution >= 0.6 is 0 Å². The number of hydrogen-bond donors (Lipinski definition) is 3. The van der Waals surface area contributed by atoms with E-state index in [0.29, 0.717) is 5.69 Å². The Morgan fingerprint density at radius 3 is 2.60 bits per heavy atom. The molecule has 0 spiro atoms. The summed E-state index contributed by atoms with van der Waals surface area (Å²) in [4.78, 5) is 3.96. The van der Waals surface area contributed by atoms with Crippen LogP contribution in [-0.2, 0) is 0 Å². The number of nitrogens with one attached hydrogen (secondary N) is 1. The molecule has 0 unspecified atom stereocenters. The maximum absolute atomic E-state index is 8.50. The number of hydrogen-bond acceptors (Lipinski definition) is 2. The van der Waals surface area contributed by atoms with E-state index in [0.717, 1.165) is 10.8 Å². The van der Waals surface area contributed by atoms with Gasteiger partial charge in [0.15, 0.2) is 0 Å². The van der Waals surface area contributed by atoms with Crippen LogP contribution in [0.3, 0.4) is 0 Å². The molecule has 0 aliphatic heterocycles. The van der Waals surface area contributed by atoms with Gasteiger partial charge in [-0.1, -0.05) is 30.3 Å². The van der Waals surface area contributed by atoms with Crippen molar-refractivity contribution in [3.8, 4) is 0 Å². The highest BCUT2D eigenvalue weighted by atomic mass is 16.5. The highest BCUT2D eigenvalue weighted by molar-refractivity contribution is 5.87. The summed E-state index contributed by atoms with van der Waals surface area (Å²) in [5.74, 6) is -0.0229. The number of nitrogens with zero attached hydrogens (tertiary/aromatic N) is 1. The predicted molar refractivity (Wildman–Crippen MR) is 60.2 cm³/mol. The fraction of sp³-hybridized carbons (Fsp3) is 0. The number of rotatable bonds is 1. The summed E-state index contributed by atoms with van der Waals surface area (Å²) in [6.07, 6.45) is 0. The smallest absolute Gasteiger partial charge is 0.218 e. The summed E-state index contributed by atoms with van der Waals surface area (Å²) in [5.41, 5.74) is 7.83. The van der Waals surface area contributed by atoms with Crippen LogP contribution in [-0.4, -0.2) is 11.2 Å². The molecule has 76 valence electrons. The molecule has 2 aromatic carbocycles. The van der Waals surface area contributed by atoms with Crippen LogP contribution in [0.5, 0.6) is 0 Å². The Hall–Kier alpha value is -2.07. The molecular formula is C11H11N3O. The molecule has 0 aromatic heterocycles. The van der Waals surface area contributed by atoms with Crippen molar-refractivity contribution in [1.82, 2.24) is 5.48 Å². The van der Waals surface area contributed by atoms with Gasteiger partial charge in [0.1, 0.15) is 0 Å². The molecule has 0 saturated heterocycles. The lowest BCUT2D eigenvalue weighted by molar-refractivity contribution is 0.233. The Bertz CT molecular complexity index is 508. The minimum atomic E-state index is -0.0229. The van der Waals surface area contributed by atoms with Crippen LogP contribution < -0.4 is 11.2 Å². The highest BCUT2D eigenvalue weighted by Gasteiger charge is 1.95. The molecule has 2 rings (SSSR count). The summed E-state index contributed by atoms with van der Waals surface area (Å²) >= 11 is 0. The standard InChI is InChI=1S/C11H11N3O/c12-11(14-15)13-10-6-5-8-3-1-2-4-9(8)7-10/h1-7,15H,(H3,12,13,14). The molecule has 0 aliphatic rings. The van der Waals surface area contributed by atoms with Crippen molar-refractivity contribution < 1.29 is 5.21 Å². The van der Waals surface area contributed by atoms with Crippen molar-refractivity contribution in [2.45, 2.75) is 0 Å². The van der Waals surface area contributed by atoms with E-state index in [-0.39, 0.29) is 5.96 Å². The van der Waals surface area contributed by atoms with Crippen molar-refractivity contribution in [2.24, 2.45) is 10.7 Å². The van der Waals surface area contributed by atoms with Crippen molar-refractivity contribution in [2.75, 3.05) is 0 Å². The zero-order valence-electron chi connectivity index (χ0n) is 8.01. The summed E-state index contributed by atoms with van der Waals surface area (Å²) in [7, 11) is 0. The normalized spacial score (nSPS) is 11.7.